The van der Waals surface area contributed by atoms with Crippen LogP contribution in [0.1, 0.15) is 26.2 Å². The molecule has 3 aromatic heterocycles. The summed E-state index contributed by atoms with van der Waals surface area (Å²) < 4.78 is 26.2. The minimum atomic E-state index is -0.583. The molecular formula is C23H28FN5O3. The van der Waals surface area contributed by atoms with Crippen LogP contribution in [0.5, 0.6) is 0 Å². The van der Waals surface area contributed by atoms with Crippen molar-refractivity contribution < 1.29 is 13.9 Å². The summed E-state index contributed by atoms with van der Waals surface area (Å²) in [4.78, 5) is 26.1. The molecule has 1 aliphatic rings. The van der Waals surface area contributed by atoms with Gasteiger partial charge in [-0.2, -0.15) is 4.39 Å². The Morgan fingerprint density at radius 2 is 2.06 bits per heavy atom. The third kappa shape index (κ3) is 5.28. The topological polar surface area (TPSA) is 91.2 Å². The predicted molar refractivity (Wildman–Crippen MR) is 120 cm³/mol. The van der Waals surface area contributed by atoms with Crippen molar-refractivity contribution in [3.8, 4) is 11.3 Å². The van der Waals surface area contributed by atoms with Gasteiger partial charge in [-0.3, -0.25) is 9.36 Å². The summed E-state index contributed by atoms with van der Waals surface area (Å²) in [6.07, 6.45) is 4.23. The van der Waals surface area contributed by atoms with Gasteiger partial charge in [0, 0.05) is 44.2 Å². The van der Waals surface area contributed by atoms with Crippen molar-refractivity contribution in [2.24, 2.45) is 5.92 Å². The van der Waals surface area contributed by atoms with Gasteiger partial charge in [0.25, 0.3) is 5.56 Å². The van der Waals surface area contributed by atoms with Crippen LogP contribution < -0.4 is 10.9 Å². The number of pyridine rings is 2. The van der Waals surface area contributed by atoms with Crippen LogP contribution in [0.4, 0.5) is 10.2 Å². The smallest absolute Gasteiger partial charge is 0.295 e. The average Bonchev–Trinajstić information content (AvgIpc) is 2.82. The SMILES string of the molecule is CCCOCCn1c(=O)c(NCC2CCOCC2)nc2ccc(-c3ccnc(F)c3)nc21. The first-order chi connectivity index (χ1) is 15.7. The van der Waals surface area contributed by atoms with Gasteiger partial charge in [-0.05, 0) is 43.4 Å². The highest BCUT2D eigenvalue weighted by Gasteiger charge is 2.17. The molecular weight excluding hydrogens is 413 g/mol. The lowest BCUT2D eigenvalue weighted by molar-refractivity contribution is 0.0699. The normalized spacial score (nSPS) is 14.7. The molecule has 0 spiro atoms. The molecule has 0 aliphatic carbocycles. The van der Waals surface area contributed by atoms with Crippen LogP contribution in [0, 0.1) is 11.9 Å². The number of fused-ring (bicyclic) bond motifs is 1. The first-order valence-corrected chi connectivity index (χ1v) is 11.1. The molecule has 0 atom stereocenters. The fourth-order valence-corrected chi connectivity index (χ4v) is 3.76. The van der Waals surface area contributed by atoms with Crippen LogP contribution in [0.2, 0.25) is 0 Å². The van der Waals surface area contributed by atoms with Crippen molar-refractivity contribution in [2.45, 2.75) is 32.7 Å². The van der Waals surface area contributed by atoms with E-state index < -0.39 is 5.95 Å². The van der Waals surface area contributed by atoms with E-state index in [0.29, 0.717) is 60.5 Å². The number of hydrogen-bond donors (Lipinski definition) is 1. The van der Waals surface area contributed by atoms with Crippen molar-refractivity contribution in [3.63, 3.8) is 0 Å². The molecule has 3 aromatic rings. The van der Waals surface area contributed by atoms with E-state index in [4.69, 9.17) is 9.47 Å². The summed E-state index contributed by atoms with van der Waals surface area (Å²) in [6.45, 7) is 5.57. The molecule has 8 nitrogen and oxygen atoms in total. The molecule has 1 fully saturated rings. The number of nitrogens with zero attached hydrogens (tertiary/aromatic N) is 4. The maximum Gasteiger partial charge on any atom is 0.295 e. The predicted octanol–water partition coefficient (Wildman–Crippen LogP) is 3.26. The maximum atomic E-state index is 13.6. The molecule has 0 bridgehead atoms. The fraction of sp³-hybridized carbons (Fsp3) is 0.478. The Labute approximate surface area is 185 Å². The van der Waals surface area contributed by atoms with Gasteiger partial charge in [0.15, 0.2) is 11.5 Å². The number of halogens is 1. The van der Waals surface area contributed by atoms with Gasteiger partial charge in [0.05, 0.1) is 18.8 Å². The third-order valence-corrected chi connectivity index (χ3v) is 5.52. The Bertz CT molecular complexity index is 1110. The largest absolute Gasteiger partial charge is 0.381 e. The molecule has 4 heterocycles. The molecule has 0 aromatic carbocycles. The highest BCUT2D eigenvalue weighted by molar-refractivity contribution is 5.76. The zero-order chi connectivity index (χ0) is 22.3. The van der Waals surface area contributed by atoms with Gasteiger partial charge in [-0.25, -0.2) is 15.0 Å². The van der Waals surface area contributed by atoms with E-state index >= 15 is 0 Å². The van der Waals surface area contributed by atoms with Gasteiger partial charge < -0.3 is 14.8 Å². The highest BCUT2D eigenvalue weighted by atomic mass is 19.1. The zero-order valence-electron chi connectivity index (χ0n) is 18.2. The number of ether oxygens (including phenoxy) is 2. The first kappa shape index (κ1) is 22.3. The lowest BCUT2D eigenvalue weighted by Crippen LogP contribution is -2.30. The highest BCUT2D eigenvalue weighted by Crippen LogP contribution is 2.21. The lowest BCUT2D eigenvalue weighted by Gasteiger charge is -2.22. The quantitative estimate of drug-likeness (QED) is 0.403. The van der Waals surface area contributed by atoms with Crippen LogP contribution in [0.3, 0.4) is 0 Å². The second-order valence-corrected chi connectivity index (χ2v) is 7.87. The number of anilines is 1. The second-order valence-electron chi connectivity index (χ2n) is 7.87. The summed E-state index contributed by atoms with van der Waals surface area (Å²) >= 11 is 0. The van der Waals surface area contributed by atoms with E-state index in [0.717, 1.165) is 32.5 Å². The molecule has 0 saturated carbocycles. The Kier molecular flexibility index (Phi) is 7.39. The number of hydrogen-bond acceptors (Lipinski definition) is 7. The van der Waals surface area contributed by atoms with Crippen molar-refractivity contribution in [1.29, 1.82) is 0 Å². The van der Waals surface area contributed by atoms with Gasteiger partial charge in [0.2, 0.25) is 5.95 Å². The van der Waals surface area contributed by atoms with Crippen LogP contribution in [0.15, 0.2) is 35.3 Å². The number of nitrogens with one attached hydrogen (secondary N) is 1. The van der Waals surface area contributed by atoms with Crippen molar-refractivity contribution in [2.75, 3.05) is 38.3 Å². The monoisotopic (exact) mass is 441 g/mol. The lowest BCUT2D eigenvalue weighted by atomic mass is 10.0. The van der Waals surface area contributed by atoms with Crippen LogP contribution in [-0.4, -0.2) is 52.5 Å². The van der Waals surface area contributed by atoms with Crippen molar-refractivity contribution in [1.82, 2.24) is 19.5 Å². The molecule has 4 rings (SSSR count). The zero-order valence-corrected chi connectivity index (χ0v) is 18.2. The first-order valence-electron chi connectivity index (χ1n) is 11.1. The van der Waals surface area contributed by atoms with Crippen molar-refractivity contribution in [3.05, 3.63) is 46.8 Å². The molecule has 170 valence electrons. The van der Waals surface area contributed by atoms with Gasteiger partial charge in [0.1, 0.15) is 5.52 Å². The van der Waals surface area contributed by atoms with Gasteiger partial charge in [-0.1, -0.05) is 6.92 Å². The molecule has 0 radical (unpaired) electrons. The summed E-state index contributed by atoms with van der Waals surface area (Å²) in [5.41, 5.74) is 1.93. The molecule has 0 amide bonds. The Hall–Kier alpha value is -2.91. The number of rotatable bonds is 9. The second kappa shape index (κ2) is 10.6. The number of aromatic nitrogens is 4. The summed E-state index contributed by atoms with van der Waals surface area (Å²) in [6, 6.07) is 6.58. The van der Waals surface area contributed by atoms with Crippen LogP contribution >= 0.6 is 0 Å². The molecule has 1 N–H and O–H groups in total. The molecule has 1 aliphatic heterocycles. The minimum absolute atomic E-state index is 0.241. The van der Waals surface area contributed by atoms with Gasteiger partial charge in [-0.15, -0.1) is 0 Å². The average molecular weight is 442 g/mol. The maximum absolute atomic E-state index is 13.6. The fourth-order valence-electron chi connectivity index (χ4n) is 3.76. The Morgan fingerprint density at radius 1 is 1.22 bits per heavy atom. The van der Waals surface area contributed by atoms with E-state index in [-0.39, 0.29) is 5.56 Å². The Balaban J connectivity index is 1.68. The van der Waals surface area contributed by atoms with Crippen LogP contribution in [0.25, 0.3) is 22.4 Å². The van der Waals surface area contributed by atoms with Crippen molar-refractivity contribution >= 4 is 17.0 Å². The molecule has 9 heteroatoms. The summed E-state index contributed by atoms with van der Waals surface area (Å²) in [5.74, 6) is 0.175. The van der Waals surface area contributed by atoms with E-state index in [1.807, 2.05) is 6.92 Å². The van der Waals surface area contributed by atoms with Gasteiger partial charge >= 0.3 is 0 Å². The van der Waals surface area contributed by atoms with E-state index in [2.05, 4.69) is 20.3 Å². The van der Waals surface area contributed by atoms with E-state index in [1.54, 1.807) is 22.8 Å². The standard InChI is InChI=1S/C23H28FN5O3/c1-2-10-31-13-9-29-22-19(4-3-18(28-22)17-5-8-25-20(24)14-17)27-21(23(29)30)26-15-16-6-11-32-12-7-16/h3-5,8,14,16H,2,6-7,9-13,15H2,1H3,(H,26,27). The van der Waals surface area contributed by atoms with E-state index in [9.17, 15) is 9.18 Å². The molecule has 0 unspecified atom stereocenters. The van der Waals surface area contributed by atoms with E-state index in [1.165, 1.54) is 12.3 Å². The Morgan fingerprint density at radius 3 is 2.84 bits per heavy atom. The third-order valence-electron chi connectivity index (χ3n) is 5.52. The molecule has 1 saturated heterocycles. The van der Waals surface area contributed by atoms with Crippen LogP contribution in [-0.2, 0) is 16.0 Å². The summed E-state index contributed by atoms with van der Waals surface area (Å²) in [5, 5.41) is 3.24. The minimum Gasteiger partial charge on any atom is -0.381 e. The molecule has 32 heavy (non-hydrogen) atoms. The summed E-state index contributed by atoms with van der Waals surface area (Å²) in [7, 11) is 0.